The molecule has 0 amide bonds. The molecule has 0 bridgehead atoms. The van der Waals surface area contributed by atoms with E-state index >= 15 is 0 Å². The van der Waals surface area contributed by atoms with Crippen molar-refractivity contribution in [2.24, 2.45) is 7.05 Å². The molecule has 7 nitrogen and oxygen atoms in total. The maximum absolute atomic E-state index is 12.1. The number of hydrogen-bond acceptors (Lipinski definition) is 6. The Morgan fingerprint density at radius 3 is 2.85 bits per heavy atom. The van der Waals surface area contributed by atoms with Gasteiger partial charge in [-0.15, -0.1) is 0 Å². The Labute approximate surface area is 147 Å². The number of hydrogen-bond donors (Lipinski definition) is 0. The average molecular weight is 350 g/mol. The number of pyridine rings is 1. The van der Waals surface area contributed by atoms with E-state index in [1.165, 1.54) is 10.6 Å². The van der Waals surface area contributed by atoms with Gasteiger partial charge in [-0.3, -0.25) is 4.79 Å². The summed E-state index contributed by atoms with van der Waals surface area (Å²) in [5.74, 6) is 0.260. The minimum absolute atomic E-state index is 0.0315. The topological polar surface area (TPSA) is 87.5 Å². The van der Waals surface area contributed by atoms with Crippen LogP contribution in [0.2, 0.25) is 0 Å². The molecule has 0 aliphatic rings. The summed E-state index contributed by atoms with van der Waals surface area (Å²) in [6.07, 6.45) is 1.57. The number of aryl methyl sites for hydroxylation is 1. The SMILES string of the molecule is Cn1cccc(C(=O)OCc2cc(-c3cc4ccccc4o3)on2)c1=O. The average Bonchev–Trinajstić information content (AvgIpc) is 3.28. The van der Waals surface area contributed by atoms with E-state index in [0.29, 0.717) is 17.2 Å². The van der Waals surface area contributed by atoms with Gasteiger partial charge >= 0.3 is 5.97 Å². The third-order valence-electron chi connectivity index (χ3n) is 3.92. The third-order valence-corrected chi connectivity index (χ3v) is 3.92. The van der Waals surface area contributed by atoms with Gasteiger partial charge in [0.05, 0.1) is 0 Å². The first-order valence-electron chi connectivity index (χ1n) is 7.89. The fraction of sp³-hybridized carbons (Fsp3) is 0.105. The highest BCUT2D eigenvalue weighted by Crippen LogP contribution is 2.28. The first-order valence-corrected chi connectivity index (χ1v) is 7.89. The molecule has 3 aromatic heterocycles. The summed E-state index contributed by atoms with van der Waals surface area (Å²) < 4.78 is 17.4. The lowest BCUT2D eigenvalue weighted by atomic mass is 10.2. The van der Waals surface area contributed by atoms with Crippen molar-refractivity contribution in [3.63, 3.8) is 0 Å². The van der Waals surface area contributed by atoms with E-state index in [2.05, 4.69) is 5.16 Å². The van der Waals surface area contributed by atoms with E-state index in [1.807, 2.05) is 30.3 Å². The highest BCUT2D eigenvalue weighted by atomic mass is 16.5. The monoisotopic (exact) mass is 350 g/mol. The van der Waals surface area contributed by atoms with Crippen LogP contribution in [0.15, 0.2) is 68.5 Å². The van der Waals surface area contributed by atoms with Crippen LogP contribution < -0.4 is 5.56 Å². The largest absolute Gasteiger partial charge is 0.455 e. The number of rotatable bonds is 4. The van der Waals surface area contributed by atoms with Crippen molar-refractivity contribution in [3.8, 4) is 11.5 Å². The van der Waals surface area contributed by atoms with Crippen LogP contribution in [0.5, 0.6) is 0 Å². The number of ether oxygens (including phenoxy) is 1. The van der Waals surface area contributed by atoms with Gasteiger partial charge < -0.3 is 18.2 Å². The van der Waals surface area contributed by atoms with E-state index in [4.69, 9.17) is 13.7 Å². The van der Waals surface area contributed by atoms with Crippen molar-refractivity contribution in [3.05, 3.63) is 76.3 Å². The van der Waals surface area contributed by atoms with Crippen molar-refractivity contribution >= 4 is 16.9 Å². The molecule has 0 atom stereocenters. The molecule has 0 aliphatic heterocycles. The van der Waals surface area contributed by atoms with Gasteiger partial charge in [-0.2, -0.15) is 0 Å². The Bertz CT molecular complexity index is 1120. The number of furan rings is 1. The summed E-state index contributed by atoms with van der Waals surface area (Å²) in [6.45, 7) is -0.111. The highest BCUT2D eigenvalue weighted by molar-refractivity contribution is 5.88. The van der Waals surface area contributed by atoms with Crippen LogP contribution in [0.25, 0.3) is 22.5 Å². The number of carbonyl (C=O) groups excluding carboxylic acids is 1. The maximum atomic E-state index is 12.1. The number of aromatic nitrogens is 2. The van der Waals surface area contributed by atoms with Crippen LogP contribution in [0.3, 0.4) is 0 Å². The summed E-state index contributed by atoms with van der Waals surface area (Å²) in [5, 5.41) is 4.82. The fourth-order valence-corrected chi connectivity index (χ4v) is 2.57. The minimum atomic E-state index is -0.709. The molecule has 0 saturated heterocycles. The van der Waals surface area contributed by atoms with Crippen LogP contribution >= 0.6 is 0 Å². The second-order valence-electron chi connectivity index (χ2n) is 5.75. The summed E-state index contributed by atoms with van der Waals surface area (Å²) in [7, 11) is 1.57. The minimum Gasteiger partial charge on any atom is -0.455 e. The van der Waals surface area contributed by atoms with Crippen LogP contribution in [-0.4, -0.2) is 15.7 Å². The van der Waals surface area contributed by atoms with E-state index in [0.717, 1.165) is 11.0 Å². The zero-order valence-corrected chi connectivity index (χ0v) is 13.8. The summed E-state index contributed by atoms with van der Waals surface area (Å²) >= 11 is 0. The van der Waals surface area contributed by atoms with Crippen LogP contribution in [0.4, 0.5) is 0 Å². The molecule has 0 spiro atoms. The van der Waals surface area contributed by atoms with E-state index in [1.54, 1.807) is 25.4 Å². The number of para-hydroxylation sites is 1. The van der Waals surface area contributed by atoms with Gasteiger partial charge in [0, 0.05) is 24.7 Å². The number of nitrogens with zero attached hydrogens (tertiary/aromatic N) is 2. The molecule has 0 radical (unpaired) electrons. The van der Waals surface area contributed by atoms with Crippen LogP contribution in [-0.2, 0) is 18.4 Å². The Kier molecular flexibility index (Phi) is 3.89. The number of fused-ring (bicyclic) bond motifs is 1. The van der Waals surface area contributed by atoms with Gasteiger partial charge in [0.25, 0.3) is 5.56 Å². The number of carbonyl (C=O) groups is 1. The van der Waals surface area contributed by atoms with Crippen molar-refractivity contribution in [1.82, 2.24) is 9.72 Å². The number of benzene rings is 1. The predicted molar refractivity (Wildman–Crippen MR) is 92.5 cm³/mol. The van der Waals surface area contributed by atoms with E-state index < -0.39 is 11.5 Å². The molecule has 0 aliphatic carbocycles. The van der Waals surface area contributed by atoms with Gasteiger partial charge in [-0.1, -0.05) is 23.4 Å². The van der Waals surface area contributed by atoms with Gasteiger partial charge in [-0.25, -0.2) is 4.79 Å². The normalized spacial score (nSPS) is 11.0. The molecule has 4 rings (SSSR count). The molecule has 4 aromatic rings. The lowest BCUT2D eigenvalue weighted by Gasteiger charge is -2.03. The Morgan fingerprint density at radius 1 is 1.15 bits per heavy atom. The highest BCUT2D eigenvalue weighted by Gasteiger charge is 2.16. The molecule has 130 valence electrons. The quantitative estimate of drug-likeness (QED) is 0.526. The summed E-state index contributed by atoms with van der Waals surface area (Å²) in [5.41, 5.74) is 0.713. The lowest BCUT2D eigenvalue weighted by molar-refractivity contribution is 0.0461. The van der Waals surface area contributed by atoms with E-state index in [-0.39, 0.29) is 12.2 Å². The number of esters is 1. The zero-order valence-electron chi connectivity index (χ0n) is 13.8. The smallest absolute Gasteiger partial charge is 0.344 e. The molecule has 0 N–H and O–H groups in total. The first-order chi connectivity index (χ1) is 12.6. The Morgan fingerprint density at radius 2 is 2.00 bits per heavy atom. The molecule has 0 unspecified atom stereocenters. The van der Waals surface area contributed by atoms with Crippen LogP contribution in [0.1, 0.15) is 16.1 Å². The van der Waals surface area contributed by atoms with Crippen molar-refractivity contribution in [2.75, 3.05) is 0 Å². The fourth-order valence-electron chi connectivity index (χ4n) is 2.57. The lowest BCUT2D eigenvalue weighted by Crippen LogP contribution is -2.24. The van der Waals surface area contributed by atoms with Crippen LogP contribution in [0, 0.1) is 0 Å². The molecule has 26 heavy (non-hydrogen) atoms. The molecule has 0 fully saturated rings. The van der Waals surface area contributed by atoms with Gasteiger partial charge in [0.1, 0.15) is 23.4 Å². The van der Waals surface area contributed by atoms with Gasteiger partial charge in [0.2, 0.25) is 5.76 Å². The standard InChI is InChI=1S/C19H14N2O5/c1-21-8-4-6-14(18(21)22)19(23)24-11-13-10-17(26-20-13)16-9-12-5-2-3-7-15(12)25-16/h2-10H,11H2,1H3. The molecule has 0 saturated carbocycles. The van der Waals surface area contributed by atoms with Crippen molar-refractivity contribution in [1.29, 1.82) is 0 Å². The molecule has 7 heteroatoms. The van der Waals surface area contributed by atoms with Gasteiger partial charge in [0.15, 0.2) is 5.76 Å². The predicted octanol–water partition coefficient (Wildman–Crippen LogP) is 3.14. The Hall–Kier alpha value is -3.61. The second-order valence-corrected chi connectivity index (χ2v) is 5.75. The summed E-state index contributed by atoms with van der Waals surface area (Å²) in [6, 6.07) is 14.1. The molecular formula is C19H14N2O5. The van der Waals surface area contributed by atoms with Gasteiger partial charge in [-0.05, 0) is 24.3 Å². The van der Waals surface area contributed by atoms with Crippen molar-refractivity contribution in [2.45, 2.75) is 6.61 Å². The van der Waals surface area contributed by atoms with E-state index in [9.17, 15) is 9.59 Å². The third kappa shape index (κ3) is 2.90. The second kappa shape index (κ2) is 6.36. The maximum Gasteiger partial charge on any atom is 0.344 e. The zero-order chi connectivity index (χ0) is 18.1. The summed E-state index contributed by atoms with van der Waals surface area (Å²) in [4.78, 5) is 24.0. The van der Waals surface area contributed by atoms with Crippen molar-refractivity contribution < 1.29 is 18.5 Å². The molecule has 3 heterocycles. The Balaban J connectivity index is 1.49. The molecule has 1 aromatic carbocycles. The first kappa shape index (κ1) is 15.9. The molecular weight excluding hydrogens is 336 g/mol.